The van der Waals surface area contributed by atoms with Crippen molar-refractivity contribution in [3.8, 4) is 0 Å². The first kappa shape index (κ1) is 16.9. The van der Waals surface area contributed by atoms with Gasteiger partial charge in [-0.25, -0.2) is 13.1 Å². The molecule has 2 rings (SSSR count). The molecule has 22 heavy (non-hydrogen) atoms. The first-order valence-corrected chi connectivity index (χ1v) is 8.93. The zero-order chi connectivity index (χ0) is 16.2. The molecule has 1 atom stereocenters. The van der Waals surface area contributed by atoms with Gasteiger partial charge >= 0.3 is 0 Å². The summed E-state index contributed by atoms with van der Waals surface area (Å²) in [6.45, 7) is 3.32. The number of carbonyl (C=O) groups is 1. The first-order valence-electron chi connectivity index (χ1n) is 7.45. The van der Waals surface area contributed by atoms with E-state index in [1.165, 1.54) is 0 Å². The van der Waals surface area contributed by atoms with Crippen molar-refractivity contribution in [3.63, 3.8) is 0 Å². The van der Waals surface area contributed by atoms with Crippen LogP contribution in [0.4, 0.5) is 0 Å². The third-order valence-electron chi connectivity index (χ3n) is 3.81. The number of hydrogen-bond donors (Lipinski definition) is 2. The maximum atomic E-state index is 12.1. The van der Waals surface area contributed by atoms with Gasteiger partial charge in [-0.15, -0.1) is 0 Å². The van der Waals surface area contributed by atoms with Gasteiger partial charge in [-0.2, -0.15) is 0 Å². The second-order valence-corrected chi connectivity index (χ2v) is 7.39. The molecule has 1 aromatic carbocycles. The monoisotopic (exact) mass is 325 g/mol. The molecule has 7 heteroatoms. The van der Waals surface area contributed by atoms with Gasteiger partial charge in [0.1, 0.15) is 0 Å². The Morgan fingerprint density at radius 3 is 2.64 bits per heavy atom. The van der Waals surface area contributed by atoms with Crippen molar-refractivity contribution in [3.05, 3.63) is 29.8 Å². The number of hydrogen-bond acceptors (Lipinski definition) is 4. The molecule has 1 unspecified atom stereocenters. The maximum absolute atomic E-state index is 12.1. The SMILES string of the molecule is Cc1ccc(S(=O)(=O)NCCN(C)C(=O)C2CCCN2)cc1. The third kappa shape index (κ3) is 4.28. The lowest BCUT2D eigenvalue weighted by atomic mass is 10.2. The Bertz CT molecular complexity index is 607. The summed E-state index contributed by atoms with van der Waals surface area (Å²) in [4.78, 5) is 13.9. The van der Waals surface area contributed by atoms with Gasteiger partial charge in [0, 0.05) is 20.1 Å². The number of nitrogens with one attached hydrogen (secondary N) is 2. The predicted molar refractivity (Wildman–Crippen MR) is 85.0 cm³/mol. The molecule has 2 N–H and O–H groups in total. The number of amides is 1. The van der Waals surface area contributed by atoms with E-state index in [0.717, 1.165) is 24.9 Å². The highest BCUT2D eigenvalue weighted by atomic mass is 32.2. The number of carbonyl (C=O) groups excluding carboxylic acids is 1. The van der Waals surface area contributed by atoms with E-state index in [-0.39, 0.29) is 23.4 Å². The second kappa shape index (κ2) is 7.21. The van der Waals surface area contributed by atoms with Gasteiger partial charge in [-0.3, -0.25) is 4.79 Å². The molecular formula is C15H23N3O3S. The molecule has 0 aromatic heterocycles. The average Bonchev–Trinajstić information content (AvgIpc) is 3.00. The maximum Gasteiger partial charge on any atom is 0.240 e. The minimum absolute atomic E-state index is 0.0204. The fourth-order valence-corrected chi connectivity index (χ4v) is 3.44. The highest BCUT2D eigenvalue weighted by Crippen LogP contribution is 2.10. The van der Waals surface area contributed by atoms with Crippen LogP contribution in [-0.2, 0) is 14.8 Å². The van der Waals surface area contributed by atoms with Crippen LogP contribution in [0.3, 0.4) is 0 Å². The lowest BCUT2D eigenvalue weighted by Gasteiger charge is -2.21. The van der Waals surface area contributed by atoms with E-state index < -0.39 is 10.0 Å². The zero-order valence-electron chi connectivity index (χ0n) is 13.0. The molecule has 1 saturated heterocycles. The number of benzene rings is 1. The Hall–Kier alpha value is -1.44. The van der Waals surface area contributed by atoms with Crippen molar-refractivity contribution in [2.24, 2.45) is 0 Å². The molecule has 1 aliphatic heterocycles. The summed E-state index contributed by atoms with van der Waals surface area (Å²) in [5, 5.41) is 3.15. The summed E-state index contributed by atoms with van der Waals surface area (Å²) in [7, 11) is -1.82. The molecule has 1 aliphatic rings. The predicted octanol–water partition coefficient (Wildman–Crippen LogP) is 0.484. The molecule has 0 bridgehead atoms. The topological polar surface area (TPSA) is 78.5 Å². The van der Waals surface area contributed by atoms with Crippen LogP contribution >= 0.6 is 0 Å². The molecular weight excluding hydrogens is 302 g/mol. The van der Waals surface area contributed by atoms with Crippen LogP contribution in [0.1, 0.15) is 18.4 Å². The van der Waals surface area contributed by atoms with E-state index in [4.69, 9.17) is 0 Å². The normalized spacial score (nSPS) is 18.4. The standard InChI is InChI=1S/C15H23N3O3S/c1-12-5-7-13(8-6-12)22(20,21)17-10-11-18(2)15(19)14-4-3-9-16-14/h5-8,14,16-17H,3-4,9-11H2,1-2H3. The van der Waals surface area contributed by atoms with Gasteiger partial charge in [0.25, 0.3) is 0 Å². The number of likely N-dealkylation sites (N-methyl/N-ethyl adjacent to an activating group) is 1. The molecule has 1 aromatic rings. The molecule has 0 saturated carbocycles. The highest BCUT2D eigenvalue weighted by Gasteiger charge is 2.24. The molecule has 1 heterocycles. The minimum atomic E-state index is -3.52. The largest absolute Gasteiger partial charge is 0.343 e. The Morgan fingerprint density at radius 2 is 2.05 bits per heavy atom. The molecule has 6 nitrogen and oxygen atoms in total. The van der Waals surface area contributed by atoms with Crippen molar-refractivity contribution in [1.82, 2.24) is 14.9 Å². The molecule has 0 radical (unpaired) electrons. The third-order valence-corrected chi connectivity index (χ3v) is 5.28. The lowest BCUT2D eigenvalue weighted by molar-refractivity contribution is -0.131. The van der Waals surface area contributed by atoms with Crippen molar-refractivity contribution in [2.75, 3.05) is 26.7 Å². The molecule has 1 amide bonds. The minimum Gasteiger partial charge on any atom is -0.343 e. The Balaban J connectivity index is 1.84. The van der Waals surface area contributed by atoms with E-state index in [1.807, 2.05) is 6.92 Å². The number of sulfonamides is 1. The molecule has 0 spiro atoms. The van der Waals surface area contributed by atoms with Gasteiger partial charge in [-0.05, 0) is 38.4 Å². The van der Waals surface area contributed by atoms with Crippen LogP contribution in [-0.4, -0.2) is 51.9 Å². The van der Waals surface area contributed by atoms with Gasteiger partial charge < -0.3 is 10.2 Å². The van der Waals surface area contributed by atoms with E-state index >= 15 is 0 Å². The fourth-order valence-electron chi connectivity index (χ4n) is 2.42. The summed E-state index contributed by atoms with van der Waals surface area (Å²) in [6, 6.07) is 6.55. The molecule has 122 valence electrons. The summed E-state index contributed by atoms with van der Waals surface area (Å²) in [5.41, 5.74) is 1.01. The van der Waals surface area contributed by atoms with Crippen LogP contribution in [0.5, 0.6) is 0 Å². The number of aryl methyl sites for hydroxylation is 1. The smallest absolute Gasteiger partial charge is 0.240 e. The summed E-state index contributed by atoms with van der Waals surface area (Å²) in [6.07, 6.45) is 1.85. The highest BCUT2D eigenvalue weighted by molar-refractivity contribution is 7.89. The zero-order valence-corrected chi connectivity index (χ0v) is 13.8. The summed E-state index contributed by atoms with van der Waals surface area (Å²) >= 11 is 0. The van der Waals surface area contributed by atoms with Crippen LogP contribution in [0.2, 0.25) is 0 Å². The van der Waals surface area contributed by atoms with Gasteiger partial charge in [-0.1, -0.05) is 17.7 Å². The second-order valence-electron chi connectivity index (χ2n) is 5.62. The van der Waals surface area contributed by atoms with Gasteiger partial charge in [0.15, 0.2) is 0 Å². The van der Waals surface area contributed by atoms with Gasteiger partial charge in [0.2, 0.25) is 15.9 Å². The summed E-state index contributed by atoms with van der Waals surface area (Å²) in [5.74, 6) is 0.0204. The van der Waals surface area contributed by atoms with Crippen LogP contribution < -0.4 is 10.0 Å². The van der Waals surface area contributed by atoms with Gasteiger partial charge in [0.05, 0.1) is 10.9 Å². The molecule has 1 fully saturated rings. The average molecular weight is 325 g/mol. The van der Waals surface area contributed by atoms with Crippen molar-refractivity contribution < 1.29 is 13.2 Å². The van der Waals surface area contributed by atoms with E-state index in [2.05, 4.69) is 10.0 Å². The van der Waals surface area contributed by atoms with Crippen molar-refractivity contribution in [1.29, 1.82) is 0 Å². The van der Waals surface area contributed by atoms with E-state index in [0.29, 0.717) is 6.54 Å². The molecule has 0 aliphatic carbocycles. The number of rotatable bonds is 6. The Kier molecular flexibility index (Phi) is 5.55. The Labute approximate surface area is 131 Å². The van der Waals surface area contributed by atoms with Crippen molar-refractivity contribution in [2.45, 2.75) is 30.7 Å². The first-order chi connectivity index (χ1) is 10.4. The van der Waals surface area contributed by atoms with Crippen molar-refractivity contribution >= 4 is 15.9 Å². The lowest BCUT2D eigenvalue weighted by Crippen LogP contribution is -2.44. The fraction of sp³-hybridized carbons (Fsp3) is 0.533. The quantitative estimate of drug-likeness (QED) is 0.798. The summed E-state index contributed by atoms with van der Waals surface area (Å²) < 4.78 is 26.8. The van der Waals surface area contributed by atoms with E-state index in [1.54, 1.807) is 36.2 Å². The van der Waals surface area contributed by atoms with Crippen LogP contribution in [0.25, 0.3) is 0 Å². The van der Waals surface area contributed by atoms with Crippen LogP contribution in [0, 0.1) is 6.92 Å². The van der Waals surface area contributed by atoms with E-state index in [9.17, 15) is 13.2 Å². The Morgan fingerprint density at radius 1 is 1.36 bits per heavy atom. The number of nitrogens with zero attached hydrogens (tertiary/aromatic N) is 1. The van der Waals surface area contributed by atoms with Crippen LogP contribution in [0.15, 0.2) is 29.2 Å².